The molecule has 34 heavy (non-hydrogen) atoms. The normalized spacial score (nSPS) is 11.2. The van der Waals surface area contributed by atoms with Crippen LogP contribution in [0.2, 0.25) is 5.02 Å². The molecule has 0 bridgehead atoms. The maximum absolute atomic E-state index is 14.1. The number of rotatable bonds is 6. The Morgan fingerprint density at radius 2 is 1.85 bits per heavy atom. The van der Waals surface area contributed by atoms with E-state index in [1.165, 1.54) is 12.1 Å². The Balaban J connectivity index is 1.72. The summed E-state index contributed by atoms with van der Waals surface area (Å²) in [5, 5.41) is 14.7. The van der Waals surface area contributed by atoms with Gasteiger partial charge in [0.1, 0.15) is 29.8 Å². The smallest absolute Gasteiger partial charge is 0.266 e. The Kier molecular flexibility index (Phi) is 6.91. The largest absolute Gasteiger partial charge is 0.488 e. The summed E-state index contributed by atoms with van der Waals surface area (Å²) in [5.74, 6) is -0.503. The molecule has 0 atom stereocenters. The fraction of sp³-hybridized carbons (Fsp3) is 0.0714. The maximum atomic E-state index is 14.1. The lowest BCUT2D eigenvalue weighted by molar-refractivity contribution is -0.112. The molecule has 4 aromatic rings. The lowest BCUT2D eigenvalue weighted by atomic mass is 10.0. The summed E-state index contributed by atoms with van der Waals surface area (Å²) < 4.78 is 20.0. The van der Waals surface area contributed by atoms with Crippen LogP contribution in [0.25, 0.3) is 16.8 Å². The van der Waals surface area contributed by atoms with Gasteiger partial charge in [-0.3, -0.25) is 4.79 Å². The summed E-state index contributed by atoms with van der Waals surface area (Å²) in [4.78, 5) is 12.9. The van der Waals surface area contributed by atoms with E-state index in [9.17, 15) is 14.4 Å². The van der Waals surface area contributed by atoms with E-state index in [2.05, 4.69) is 5.32 Å². The van der Waals surface area contributed by atoms with Gasteiger partial charge in [-0.15, -0.1) is 0 Å². The molecule has 6 heteroatoms. The van der Waals surface area contributed by atoms with E-state index in [4.69, 9.17) is 16.3 Å². The molecule has 0 heterocycles. The van der Waals surface area contributed by atoms with Crippen LogP contribution in [0.3, 0.4) is 0 Å². The molecule has 0 fully saturated rings. The summed E-state index contributed by atoms with van der Waals surface area (Å²) in [6, 6.07) is 24.7. The van der Waals surface area contributed by atoms with Gasteiger partial charge < -0.3 is 10.1 Å². The zero-order valence-corrected chi connectivity index (χ0v) is 19.1. The third kappa shape index (κ3) is 5.09. The standard InChI is InChI=1S/C28H20ClFN2O2/c1-18-10-12-22(29)15-26(18)32-28(33)21(16-31)14-24-23-8-4-2-6-19(23)11-13-27(24)34-17-20-7-3-5-9-25(20)30/h2-15H,17H2,1H3,(H,32,33)/b21-14+. The number of anilines is 1. The quantitative estimate of drug-likeness (QED) is 0.242. The molecule has 4 nitrogen and oxygen atoms in total. The zero-order valence-electron chi connectivity index (χ0n) is 18.3. The van der Waals surface area contributed by atoms with Crippen molar-refractivity contribution in [2.24, 2.45) is 0 Å². The van der Waals surface area contributed by atoms with E-state index in [-0.39, 0.29) is 18.0 Å². The van der Waals surface area contributed by atoms with Crippen molar-refractivity contribution in [1.82, 2.24) is 0 Å². The topological polar surface area (TPSA) is 62.1 Å². The first-order valence-corrected chi connectivity index (χ1v) is 10.9. The number of hydrogen-bond donors (Lipinski definition) is 1. The molecule has 168 valence electrons. The van der Waals surface area contributed by atoms with E-state index in [0.29, 0.717) is 27.6 Å². The molecule has 4 aromatic carbocycles. The van der Waals surface area contributed by atoms with Gasteiger partial charge in [-0.25, -0.2) is 4.39 Å². The van der Waals surface area contributed by atoms with Gasteiger partial charge in [-0.2, -0.15) is 5.26 Å². The summed E-state index contributed by atoms with van der Waals surface area (Å²) in [6.45, 7) is 1.84. The van der Waals surface area contributed by atoms with Crippen molar-refractivity contribution in [3.05, 3.63) is 112 Å². The SMILES string of the molecule is Cc1ccc(Cl)cc1NC(=O)/C(C#N)=C/c1c(OCc2ccccc2F)ccc2ccccc12. The Bertz CT molecular complexity index is 1460. The summed E-state index contributed by atoms with van der Waals surface area (Å²) in [6.07, 6.45) is 1.49. The van der Waals surface area contributed by atoms with Crippen molar-refractivity contribution in [2.75, 3.05) is 5.32 Å². The number of nitriles is 1. The minimum absolute atomic E-state index is 0.00163. The average molecular weight is 471 g/mol. The van der Waals surface area contributed by atoms with Crippen molar-refractivity contribution in [2.45, 2.75) is 13.5 Å². The first-order valence-electron chi connectivity index (χ1n) is 10.5. The highest BCUT2D eigenvalue weighted by Crippen LogP contribution is 2.31. The second kappa shape index (κ2) is 10.2. The van der Waals surface area contributed by atoms with E-state index >= 15 is 0 Å². The molecular formula is C28H20ClFN2O2. The number of nitrogens with zero attached hydrogens (tertiary/aromatic N) is 1. The number of benzene rings is 4. The number of carbonyl (C=O) groups excluding carboxylic acids is 1. The summed E-state index contributed by atoms with van der Waals surface area (Å²) in [7, 11) is 0. The van der Waals surface area contributed by atoms with E-state index < -0.39 is 5.91 Å². The number of aryl methyl sites for hydroxylation is 1. The second-order valence-corrected chi connectivity index (χ2v) is 8.10. The van der Waals surface area contributed by atoms with Crippen LogP contribution in [-0.4, -0.2) is 5.91 Å². The molecule has 1 N–H and O–H groups in total. The van der Waals surface area contributed by atoms with Gasteiger partial charge in [0.25, 0.3) is 5.91 Å². The van der Waals surface area contributed by atoms with Gasteiger partial charge in [0.2, 0.25) is 0 Å². The van der Waals surface area contributed by atoms with Gasteiger partial charge in [0, 0.05) is 21.8 Å². The van der Waals surface area contributed by atoms with Crippen LogP contribution in [0, 0.1) is 24.1 Å². The first kappa shape index (κ1) is 23.0. The second-order valence-electron chi connectivity index (χ2n) is 7.66. The highest BCUT2D eigenvalue weighted by molar-refractivity contribution is 6.31. The fourth-order valence-corrected chi connectivity index (χ4v) is 3.70. The molecule has 0 unspecified atom stereocenters. The summed E-state index contributed by atoms with van der Waals surface area (Å²) in [5.41, 5.74) is 2.19. The van der Waals surface area contributed by atoms with Crippen LogP contribution >= 0.6 is 11.6 Å². The Hall–Kier alpha value is -4.14. The van der Waals surface area contributed by atoms with Crippen molar-refractivity contribution >= 4 is 40.0 Å². The molecule has 0 aliphatic rings. The molecule has 4 rings (SSSR count). The first-order chi connectivity index (χ1) is 16.5. The van der Waals surface area contributed by atoms with Crippen LogP contribution in [-0.2, 0) is 11.4 Å². The number of hydrogen-bond acceptors (Lipinski definition) is 3. The third-order valence-corrected chi connectivity index (χ3v) is 5.61. The van der Waals surface area contributed by atoms with Crippen LogP contribution in [0.15, 0.2) is 84.4 Å². The van der Waals surface area contributed by atoms with E-state index in [1.807, 2.05) is 43.3 Å². The van der Waals surface area contributed by atoms with Crippen LogP contribution in [0.4, 0.5) is 10.1 Å². The van der Waals surface area contributed by atoms with E-state index in [1.54, 1.807) is 42.5 Å². The molecule has 0 radical (unpaired) electrons. The van der Waals surface area contributed by atoms with E-state index in [0.717, 1.165) is 16.3 Å². The average Bonchev–Trinajstić information content (AvgIpc) is 2.84. The van der Waals surface area contributed by atoms with Crippen molar-refractivity contribution in [3.63, 3.8) is 0 Å². The van der Waals surface area contributed by atoms with Crippen molar-refractivity contribution < 1.29 is 13.9 Å². The zero-order chi connectivity index (χ0) is 24.1. The number of ether oxygens (including phenoxy) is 1. The van der Waals surface area contributed by atoms with Crippen LogP contribution in [0.5, 0.6) is 5.75 Å². The number of halogens is 2. The highest BCUT2D eigenvalue weighted by atomic mass is 35.5. The molecule has 0 aromatic heterocycles. The van der Waals surface area contributed by atoms with Crippen molar-refractivity contribution in [3.8, 4) is 11.8 Å². The van der Waals surface area contributed by atoms with Gasteiger partial charge in [0.05, 0.1) is 0 Å². The predicted octanol–water partition coefficient (Wildman–Crippen LogP) is 7.07. The van der Waals surface area contributed by atoms with Gasteiger partial charge >= 0.3 is 0 Å². The molecule has 0 spiro atoms. The summed E-state index contributed by atoms with van der Waals surface area (Å²) >= 11 is 6.05. The van der Waals surface area contributed by atoms with Gasteiger partial charge in [-0.05, 0) is 53.6 Å². The van der Waals surface area contributed by atoms with Gasteiger partial charge in [-0.1, -0.05) is 66.2 Å². The Labute approximate surface area is 201 Å². The van der Waals surface area contributed by atoms with Crippen molar-refractivity contribution in [1.29, 1.82) is 5.26 Å². The third-order valence-electron chi connectivity index (χ3n) is 5.37. The number of carbonyl (C=O) groups is 1. The van der Waals surface area contributed by atoms with Gasteiger partial charge in [0.15, 0.2) is 0 Å². The monoisotopic (exact) mass is 470 g/mol. The number of amides is 1. The molecule has 0 saturated heterocycles. The molecule has 0 aliphatic carbocycles. The molecular weight excluding hydrogens is 451 g/mol. The van der Waals surface area contributed by atoms with Crippen LogP contribution < -0.4 is 10.1 Å². The lowest BCUT2D eigenvalue weighted by Gasteiger charge is -2.13. The minimum atomic E-state index is -0.569. The molecule has 0 aliphatic heterocycles. The highest BCUT2D eigenvalue weighted by Gasteiger charge is 2.15. The molecule has 1 amide bonds. The minimum Gasteiger partial charge on any atom is -0.488 e. The predicted molar refractivity (Wildman–Crippen MR) is 133 cm³/mol. The number of fused-ring (bicyclic) bond motifs is 1. The maximum Gasteiger partial charge on any atom is 0.266 e. The van der Waals surface area contributed by atoms with Crippen LogP contribution in [0.1, 0.15) is 16.7 Å². The molecule has 0 saturated carbocycles. The fourth-order valence-electron chi connectivity index (χ4n) is 3.53. The Morgan fingerprint density at radius 1 is 1.09 bits per heavy atom. The Morgan fingerprint density at radius 3 is 2.65 bits per heavy atom. The lowest BCUT2D eigenvalue weighted by Crippen LogP contribution is -2.14. The number of nitrogens with one attached hydrogen (secondary N) is 1.